The topological polar surface area (TPSA) is 29.9 Å². The van der Waals surface area contributed by atoms with E-state index in [2.05, 4.69) is 61.1 Å². The molecule has 3 nitrogen and oxygen atoms in total. The Labute approximate surface area is 127 Å². The molecule has 0 saturated carbocycles. The fourth-order valence-corrected chi connectivity index (χ4v) is 3.10. The summed E-state index contributed by atoms with van der Waals surface area (Å²) in [5.41, 5.74) is 3.97. The Bertz CT molecular complexity index is 595. The van der Waals surface area contributed by atoms with Gasteiger partial charge in [-0.3, -0.25) is 0 Å². The molecule has 1 aromatic carbocycles. The van der Waals surface area contributed by atoms with Crippen LogP contribution in [0.25, 0.3) is 0 Å². The Morgan fingerprint density at radius 1 is 1.29 bits per heavy atom. The van der Waals surface area contributed by atoms with Gasteiger partial charge in [-0.05, 0) is 36.3 Å². The summed E-state index contributed by atoms with van der Waals surface area (Å²) < 4.78 is 2.17. The van der Waals surface area contributed by atoms with Crippen molar-refractivity contribution in [3.8, 4) is 0 Å². The standard InChI is InChI=1S/C18H25N3/c1-4-16-12-18-19-10-9-17(21(18)20-16)15-7-5-14(6-8-15)11-13(2)3/h5-8,12-13,17,19H,4,9-11H2,1-3H3. The van der Waals surface area contributed by atoms with Crippen LogP contribution in [0.5, 0.6) is 0 Å². The van der Waals surface area contributed by atoms with Crippen molar-refractivity contribution in [1.82, 2.24) is 9.78 Å². The molecule has 3 rings (SSSR count). The molecule has 1 N–H and O–H groups in total. The first-order valence-electron chi connectivity index (χ1n) is 8.08. The van der Waals surface area contributed by atoms with Crippen LogP contribution in [0.3, 0.4) is 0 Å². The molecule has 0 saturated heterocycles. The first kappa shape index (κ1) is 14.2. The van der Waals surface area contributed by atoms with E-state index in [9.17, 15) is 0 Å². The highest BCUT2D eigenvalue weighted by molar-refractivity contribution is 5.41. The van der Waals surface area contributed by atoms with Gasteiger partial charge in [-0.1, -0.05) is 45.0 Å². The van der Waals surface area contributed by atoms with Gasteiger partial charge in [0, 0.05) is 12.6 Å². The number of nitrogens with zero attached hydrogens (tertiary/aromatic N) is 2. The molecule has 1 atom stereocenters. The van der Waals surface area contributed by atoms with E-state index in [0.29, 0.717) is 12.0 Å². The van der Waals surface area contributed by atoms with Crippen LogP contribution in [0.4, 0.5) is 5.82 Å². The van der Waals surface area contributed by atoms with Crippen LogP contribution in [-0.2, 0) is 12.8 Å². The van der Waals surface area contributed by atoms with Gasteiger partial charge in [0.1, 0.15) is 5.82 Å². The van der Waals surface area contributed by atoms with Crippen molar-refractivity contribution in [2.45, 2.75) is 46.1 Å². The Kier molecular flexibility index (Phi) is 4.00. The molecule has 1 aromatic heterocycles. The Morgan fingerprint density at radius 3 is 2.71 bits per heavy atom. The van der Waals surface area contributed by atoms with E-state index in [-0.39, 0.29) is 0 Å². The van der Waals surface area contributed by atoms with Gasteiger partial charge >= 0.3 is 0 Å². The third kappa shape index (κ3) is 2.97. The zero-order chi connectivity index (χ0) is 14.8. The van der Waals surface area contributed by atoms with Crippen molar-refractivity contribution in [3.05, 3.63) is 47.2 Å². The van der Waals surface area contributed by atoms with Crippen LogP contribution in [0.15, 0.2) is 30.3 Å². The lowest BCUT2D eigenvalue weighted by Gasteiger charge is -2.26. The Balaban J connectivity index is 1.86. The third-order valence-electron chi connectivity index (χ3n) is 4.18. The molecule has 21 heavy (non-hydrogen) atoms. The molecule has 0 amide bonds. The predicted molar refractivity (Wildman–Crippen MR) is 87.8 cm³/mol. The van der Waals surface area contributed by atoms with Gasteiger partial charge < -0.3 is 5.32 Å². The zero-order valence-electron chi connectivity index (χ0n) is 13.3. The quantitative estimate of drug-likeness (QED) is 0.917. The maximum absolute atomic E-state index is 4.75. The van der Waals surface area contributed by atoms with Crippen LogP contribution < -0.4 is 5.32 Å². The van der Waals surface area contributed by atoms with Crippen LogP contribution >= 0.6 is 0 Å². The van der Waals surface area contributed by atoms with Crippen molar-refractivity contribution in [3.63, 3.8) is 0 Å². The van der Waals surface area contributed by atoms with Gasteiger partial charge in [0.25, 0.3) is 0 Å². The van der Waals surface area contributed by atoms with Crippen LogP contribution in [0.1, 0.15) is 50.1 Å². The molecule has 1 unspecified atom stereocenters. The summed E-state index contributed by atoms with van der Waals surface area (Å²) in [4.78, 5) is 0. The lowest BCUT2D eigenvalue weighted by molar-refractivity contribution is 0.478. The second kappa shape index (κ2) is 5.92. The predicted octanol–water partition coefficient (Wildman–Crippen LogP) is 4.05. The number of benzene rings is 1. The summed E-state index contributed by atoms with van der Waals surface area (Å²) in [6, 6.07) is 11.7. The van der Waals surface area contributed by atoms with E-state index in [4.69, 9.17) is 5.10 Å². The molecule has 0 radical (unpaired) electrons. The second-order valence-electron chi connectivity index (χ2n) is 6.39. The van der Waals surface area contributed by atoms with Gasteiger partial charge in [0.15, 0.2) is 0 Å². The van der Waals surface area contributed by atoms with E-state index in [0.717, 1.165) is 31.6 Å². The lowest BCUT2D eigenvalue weighted by Crippen LogP contribution is -2.24. The molecule has 0 spiro atoms. The summed E-state index contributed by atoms with van der Waals surface area (Å²) in [6.45, 7) is 7.71. The van der Waals surface area contributed by atoms with E-state index in [1.165, 1.54) is 16.8 Å². The number of rotatable bonds is 4. The van der Waals surface area contributed by atoms with Crippen LogP contribution in [0, 0.1) is 5.92 Å². The number of aryl methyl sites for hydroxylation is 1. The normalized spacial score (nSPS) is 17.6. The Hall–Kier alpha value is -1.77. The highest BCUT2D eigenvalue weighted by atomic mass is 15.4. The molecule has 112 valence electrons. The van der Waals surface area contributed by atoms with Crippen molar-refractivity contribution in [2.75, 3.05) is 11.9 Å². The van der Waals surface area contributed by atoms with Gasteiger partial charge in [-0.2, -0.15) is 5.10 Å². The van der Waals surface area contributed by atoms with Crippen LogP contribution in [-0.4, -0.2) is 16.3 Å². The first-order valence-corrected chi connectivity index (χ1v) is 8.08. The van der Waals surface area contributed by atoms with Crippen LogP contribution in [0.2, 0.25) is 0 Å². The lowest BCUT2D eigenvalue weighted by atomic mass is 9.97. The summed E-state index contributed by atoms with van der Waals surface area (Å²) in [6.07, 6.45) is 3.24. The summed E-state index contributed by atoms with van der Waals surface area (Å²) in [7, 11) is 0. The smallest absolute Gasteiger partial charge is 0.125 e. The number of nitrogens with one attached hydrogen (secondary N) is 1. The van der Waals surface area contributed by atoms with E-state index in [1.54, 1.807) is 0 Å². The number of hydrogen-bond donors (Lipinski definition) is 1. The molecule has 1 aliphatic rings. The van der Waals surface area contributed by atoms with Crippen molar-refractivity contribution in [2.24, 2.45) is 5.92 Å². The highest BCUT2D eigenvalue weighted by Gasteiger charge is 2.22. The van der Waals surface area contributed by atoms with Gasteiger partial charge in [0.2, 0.25) is 0 Å². The van der Waals surface area contributed by atoms with E-state index < -0.39 is 0 Å². The molecule has 2 aromatic rings. The average molecular weight is 283 g/mol. The molecule has 0 bridgehead atoms. The van der Waals surface area contributed by atoms with Gasteiger partial charge in [-0.15, -0.1) is 0 Å². The van der Waals surface area contributed by atoms with Crippen molar-refractivity contribution in [1.29, 1.82) is 0 Å². The number of aromatic nitrogens is 2. The summed E-state index contributed by atoms with van der Waals surface area (Å²) >= 11 is 0. The van der Waals surface area contributed by atoms with E-state index in [1.807, 2.05) is 0 Å². The molecule has 2 heterocycles. The number of fused-ring (bicyclic) bond motifs is 1. The molecule has 1 aliphatic heterocycles. The van der Waals surface area contributed by atoms with Gasteiger partial charge in [0.05, 0.1) is 11.7 Å². The monoisotopic (exact) mass is 283 g/mol. The van der Waals surface area contributed by atoms with Crippen molar-refractivity contribution >= 4 is 5.82 Å². The van der Waals surface area contributed by atoms with Crippen molar-refractivity contribution < 1.29 is 0 Å². The second-order valence-corrected chi connectivity index (χ2v) is 6.39. The molecule has 0 fully saturated rings. The molecular formula is C18H25N3. The third-order valence-corrected chi connectivity index (χ3v) is 4.18. The van der Waals surface area contributed by atoms with Gasteiger partial charge in [-0.25, -0.2) is 4.68 Å². The number of anilines is 1. The summed E-state index contributed by atoms with van der Waals surface area (Å²) in [5, 5.41) is 8.21. The minimum absolute atomic E-state index is 0.370. The minimum atomic E-state index is 0.370. The summed E-state index contributed by atoms with van der Waals surface area (Å²) in [5.74, 6) is 1.87. The first-order chi connectivity index (χ1) is 10.2. The maximum Gasteiger partial charge on any atom is 0.125 e. The molecule has 0 aliphatic carbocycles. The maximum atomic E-state index is 4.75. The highest BCUT2D eigenvalue weighted by Crippen LogP contribution is 2.30. The fourth-order valence-electron chi connectivity index (χ4n) is 3.10. The Morgan fingerprint density at radius 2 is 2.05 bits per heavy atom. The largest absolute Gasteiger partial charge is 0.370 e. The van der Waals surface area contributed by atoms with E-state index >= 15 is 0 Å². The molecular weight excluding hydrogens is 258 g/mol. The fraction of sp³-hybridized carbons (Fsp3) is 0.500. The SMILES string of the molecule is CCc1cc2n(n1)C(c1ccc(CC(C)C)cc1)CCN2. The molecule has 3 heteroatoms. The number of hydrogen-bond acceptors (Lipinski definition) is 2. The minimum Gasteiger partial charge on any atom is -0.370 e. The average Bonchev–Trinajstić information content (AvgIpc) is 2.90. The zero-order valence-corrected chi connectivity index (χ0v) is 13.3.